The lowest BCUT2D eigenvalue weighted by atomic mass is 10.0. The van der Waals surface area contributed by atoms with Gasteiger partial charge in [-0.15, -0.1) is 5.10 Å². The fourth-order valence-corrected chi connectivity index (χ4v) is 2.19. The third-order valence-corrected chi connectivity index (χ3v) is 3.36. The summed E-state index contributed by atoms with van der Waals surface area (Å²) in [7, 11) is 1.34. The summed E-state index contributed by atoms with van der Waals surface area (Å²) in [6.07, 6.45) is 1.43. The normalized spacial score (nSPS) is 10.3. The minimum atomic E-state index is -0.369. The van der Waals surface area contributed by atoms with Gasteiger partial charge in [-0.2, -0.15) is 10.4 Å². The van der Waals surface area contributed by atoms with Crippen molar-refractivity contribution in [2.24, 2.45) is 0 Å². The molecule has 0 aliphatic rings. The number of ether oxygens (including phenoxy) is 1. The smallest absolute Gasteiger partial charge is 0.325 e. The fourth-order valence-electron chi connectivity index (χ4n) is 2.19. The molecule has 6 nitrogen and oxygen atoms in total. The number of methoxy groups -OCH3 is 1. The average Bonchev–Trinajstić information content (AvgIpc) is 2.50. The van der Waals surface area contributed by atoms with Crippen LogP contribution in [0.4, 0.5) is 5.82 Å². The summed E-state index contributed by atoms with van der Waals surface area (Å²) < 4.78 is 4.72. The molecule has 0 bridgehead atoms. The summed E-state index contributed by atoms with van der Waals surface area (Å²) in [6.45, 7) is 7.89. The van der Waals surface area contributed by atoms with Crippen molar-refractivity contribution in [1.29, 1.82) is 5.26 Å². The van der Waals surface area contributed by atoms with Gasteiger partial charge in [0.1, 0.15) is 18.2 Å². The van der Waals surface area contributed by atoms with E-state index in [-0.39, 0.29) is 18.6 Å². The summed E-state index contributed by atoms with van der Waals surface area (Å²) in [4.78, 5) is 13.3. The van der Waals surface area contributed by atoms with Gasteiger partial charge >= 0.3 is 5.97 Å². The molecule has 1 aromatic rings. The van der Waals surface area contributed by atoms with Crippen LogP contribution < -0.4 is 4.90 Å². The van der Waals surface area contributed by atoms with Gasteiger partial charge in [-0.1, -0.05) is 13.8 Å². The summed E-state index contributed by atoms with van der Waals surface area (Å²) in [5, 5.41) is 17.9. The number of hydrogen-bond donors (Lipinski definition) is 0. The molecule has 0 radical (unpaired) electrons. The Morgan fingerprint density at radius 1 is 1.33 bits per heavy atom. The Balaban J connectivity index is 3.38. The van der Waals surface area contributed by atoms with E-state index in [9.17, 15) is 10.1 Å². The number of nitriles is 1. The molecule has 1 aromatic heterocycles. The van der Waals surface area contributed by atoms with Crippen LogP contribution in [0.25, 0.3) is 0 Å². The van der Waals surface area contributed by atoms with Crippen LogP contribution in [0.1, 0.15) is 44.5 Å². The Morgan fingerprint density at radius 3 is 2.43 bits per heavy atom. The molecule has 21 heavy (non-hydrogen) atoms. The van der Waals surface area contributed by atoms with Crippen LogP contribution in [0.15, 0.2) is 0 Å². The average molecular weight is 290 g/mol. The zero-order valence-corrected chi connectivity index (χ0v) is 13.3. The number of carbonyl (C=O) groups is 1. The minimum absolute atomic E-state index is 0.00248. The Morgan fingerprint density at radius 2 is 2.00 bits per heavy atom. The van der Waals surface area contributed by atoms with E-state index in [2.05, 4.69) is 16.3 Å². The van der Waals surface area contributed by atoms with Crippen molar-refractivity contribution >= 4 is 11.8 Å². The number of esters is 1. The quantitative estimate of drug-likeness (QED) is 0.744. The van der Waals surface area contributed by atoms with Gasteiger partial charge in [0.25, 0.3) is 0 Å². The Hall–Kier alpha value is -2.16. The number of hydrogen-bond acceptors (Lipinski definition) is 6. The van der Waals surface area contributed by atoms with Crippen molar-refractivity contribution in [3.8, 4) is 6.07 Å². The lowest BCUT2D eigenvalue weighted by molar-refractivity contribution is -0.139. The van der Waals surface area contributed by atoms with Crippen molar-refractivity contribution in [2.75, 3.05) is 18.6 Å². The van der Waals surface area contributed by atoms with E-state index >= 15 is 0 Å². The SMILES string of the molecule is CCc1nnc(N(CC(=O)OC)C(C)C)c(C#N)c1CC. The predicted molar refractivity (Wildman–Crippen MR) is 80.0 cm³/mol. The number of carbonyl (C=O) groups excluding carboxylic acids is 1. The highest BCUT2D eigenvalue weighted by Gasteiger charge is 2.23. The molecule has 6 heteroatoms. The minimum Gasteiger partial charge on any atom is -0.468 e. The Bertz CT molecular complexity index is 549. The first-order valence-corrected chi connectivity index (χ1v) is 7.11. The van der Waals surface area contributed by atoms with Crippen molar-refractivity contribution in [2.45, 2.75) is 46.6 Å². The van der Waals surface area contributed by atoms with E-state index in [1.54, 1.807) is 4.90 Å². The summed E-state index contributed by atoms with van der Waals surface area (Å²) in [5.74, 6) is 0.0824. The van der Waals surface area contributed by atoms with Crippen LogP contribution in [0.3, 0.4) is 0 Å². The van der Waals surface area contributed by atoms with Crippen LogP contribution in [-0.4, -0.2) is 35.9 Å². The van der Waals surface area contributed by atoms with Crippen LogP contribution >= 0.6 is 0 Å². The van der Waals surface area contributed by atoms with E-state index < -0.39 is 0 Å². The molecule has 0 atom stereocenters. The van der Waals surface area contributed by atoms with E-state index in [4.69, 9.17) is 4.74 Å². The van der Waals surface area contributed by atoms with Crippen LogP contribution in [0.5, 0.6) is 0 Å². The van der Waals surface area contributed by atoms with Crippen LogP contribution in [0.2, 0.25) is 0 Å². The summed E-state index contributed by atoms with van der Waals surface area (Å²) in [5.41, 5.74) is 2.24. The maximum Gasteiger partial charge on any atom is 0.325 e. The van der Waals surface area contributed by atoms with Gasteiger partial charge in [-0.05, 0) is 32.3 Å². The molecular formula is C15H22N4O2. The first kappa shape index (κ1) is 16.9. The molecule has 0 aliphatic heterocycles. The monoisotopic (exact) mass is 290 g/mol. The molecule has 0 N–H and O–H groups in total. The van der Waals surface area contributed by atoms with Crippen LogP contribution in [-0.2, 0) is 22.4 Å². The molecule has 0 saturated heterocycles. The molecule has 0 aliphatic carbocycles. The lowest BCUT2D eigenvalue weighted by Gasteiger charge is -2.27. The van der Waals surface area contributed by atoms with Gasteiger partial charge < -0.3 is 9.64 Å². The molecule has 0 amide bonds. The maximum atomic E-state index is 11.6. The van der Waals surface area contributed by atoms with Crippen molar-refractivity contribution < 1.29 is 9.53 Å². The van der Waals surface area contributed by atoms with E-state index in [0.29, 0.717) is 17.8 Å². The molecule has 114 valence electrons. The first-order valence-electron chi connectivity index (χ1n) is 7.11. The summed E-state index contributed by atoms with van der Waals surface area (Å²) in [6, 6.07) is 2.22. The molecule has 0 unspecified atom stereocenters. The second kappa shape index (κ2) is 7.58. The molecule has 1 heterocycles. The molecule has 0 fully saturated rings. The lowest BCUT2D eigenvalue weighted by Crippen LogP contribution is -2.38. The highest BCUT2D eigenvalue weighted by Crippen LogP contribution is 2.24. The maximum absolute atomic E-state index is 11.6. The van der Waals surface area contributed by atoms with Gasteiger partial charge in [0.2, 0.25) is 0 Å². The van der Waals surface area contributed by atoms with Gasteiger partial charge in [0.05, 0.1) is 12.8 Å². The van der Waals surface area contributed by atoms with Crippen molar-refractivity contribution in [3.63, 3.8) is 0 Å². The standard InChI is InChI=1S/C15H22N4O2/c1-6-11-12(8-16)15(18-17-13(11)7-2)19(10(3)4)9-14(20)21-5/h10H,6-7,9H2,1-5H3. The number of anilines is 1. The molecule has 1 rings (SSSR count). The number of rotatable bonds is 6. The topological polar surface area (TPSA) is 79.1 Å². The second-order valence-electron chi connectivity index (χ2n) is 4.94. The van der Waals surface area contributed by atoms with Crippen molar-refractivity contribution in [1.82, 2.24) is 10.2 Å². The predicted octanol–water partition coefficient (Wildman–Crippen LogP) is 1.86. The molecule has 0 aromatic carbocycles. The number of aryl methyl sites for hydroxylation is 1. The molecule has 0 saturated carbocycles. The second-order valence-corrected chi connectivity index (χ2v) is 4.94. The zero-order valence-electron chi connectivity index (χ0n) is 13.3. The van der Waals surface area contributed by atoms with Crippen molar-refractivity contribution in [3.05, 3.63) is 16.8 Å². The van der Waals surface area contributed by atoms with Crippen LogP contribution in [0, 0.1) is 11.3 Å². The highest BCUT2D eigenvalue weighted by atomic mass is 16.5. The number of nitrogens with zero attached hydrogens (tertiary/aromatic N) is 4. The van der Waals surface area contributed by atoms with E-state index in [1.165, 1.54) is 7.11 Å². The largest absolute Gasteiger partial charge is 0.468 e. The van der Waals surface area contributed by atoms with Gasteiger partial charge in [0.15, 0.2) is 5.82 Å². The molecular weight excluding hydrogens is 268 g/mol. The zero-order chi connectivity index (χ0) is 16.0. The fraction of sp³-hybridized carbons (Fsp3) is 0.600. The van der Waals surface area contributed by atoms with E-state index in [1.807, 2.05) is 27.7 Å². The highest BCUT2D eigenvalue weighted by molar-refractivity contribution is 5.76. The third-order valence-electron chi connectivity index (χ3n) is 3.36. The summed E-state index contributed by atoms with van der Waals surface area (Å²) >= 11 is 0. The third kappa shape index (κ3) is 3.69. The van der Waals surface area contributed by atoms with Gasteiger partial charge in [-0.25, -0.2) is 0 Å². The first-order chi connectivity index (χ1) is 9.99. The van der Waals surface area contributed by atoms with E-state index in [0.717, 1.165) is 17.7 Å². The van der Waals surface area contributed by atoms with Gasteiger partial charge in [0, 0.05) is 6.04 Å². The Labute approximate surface area is 125 Å². The number of aromatic nitrogens is 2. The molecule has 0 spiro atoms. The van der Waals surface area contributed by atoms with Gasteiger partial charge in [-0.3, -0.25) is 4.79 Å². The Kier molecular flexibility index (Phi) is 6.10.